The van der Waals surface area contributed by atoms with Crippen molar-refractivity contribution in [1.29, 1.82) is 0 Å². The molecule has 0 atom stereocenters. The Labute approximate surface area is 127 Å². The number of aromatic nitrogens is 1. The summed E-state index contributed by atoms with van der Waals surface area (Å²) in [5.74, 6) is 0. The highest BCUT2D eigenvalue weighted by Crippen LogP contribution is 2.27. The van der Waals surface area contributed by atoms with Crippen molar-refractivity contribution in [2.24, 2.45) is 0 Å². The second-order valence-electron chi connectivity index (χ2n) is 3.64. The molecule has 0 aliphatic heterocycles. The molecule has 5 nitrogen and oxygen atoms in total. The third kappa shape index (κ3) is 3.26. The number of nitrogens with two attached hydrogens (primary N) is 1. The van der Waals surface area contributed by atoms with Gasteiger partial charge in [-0.3, -0.25) is 9.71 Å². The first-order chi connectivity index (χ1) is 8.90. The van der Waals surface area contributed by atoms with E-state index in [4.69, 9.17) is 5.73 Å². The predicted molar refractivity (Wildman–Crippen MR) is 81.3 cm³/mol. The Hall–Kier alpha value is -1.12. The molecule has 0 radical (unpaired) electrons. The third-order valence-corrected chi connectivity index (χ3v) is 4.83. The van der Waals surface area contributed by atoms with Gasteiger partial charge < -0.3 is 5.73 Å². The number of nitrogen functional groups attached to an aromatic ring is 1. The monoisotopic (exact) mass is 405 g/mol. The van der Waals surface area contributed by atoms with E-state index in [-0.39, 0.29) is 10.6 Å². The zero-order valence-electron chi connectivity index (χ0n) is 9.47. The van der Waals surface area contributed by atoms with E-state index in [1.54, 1.807) is 12.1 Å². The van der Waals surface area contributed by atoms with Crippen molar-refractivity contribution in [2.75, 3.05) is 10.5 Å². The summed E-state index contributed by atoms with van der Waals surface area (Å²) < 4.78 is 28.2. The maximum Gasteiger partial charge on any atom is 0.264 e. The lowest BCUT2D eigenvalue weighted by Crippen LogP contribution is -2.15. The molecule has 100 valence electrons. The Bertz CT molecular complexity index is 720. The van der Waals surface area contributed by atoms with Crippen molar-refractivity contribution in [3.63, 3.8) is 0 Å². The molecule has 0 unspecified atom stereocenters. The fraction of sp³-hybridized carbons (Fsp3) is 0. The number of pyridine rings is 1. The van der Waals surface area contributed by atoms with Crippen LogP contribution in [-0.2, 0) is 10.0 Å². The summed E-state index contributed by atoms with van der Waals surface area (Å²) >= 11 is 6.45. The Morgan fingerprint density at radius 2 is 1.95 bits per heavy atom. The molecular formula is C11H9Br2N3O2S. The summed E-state index contributed by atoms with van der Waals surface area (Å²) in [6.45, 7) is 0. The Morgan fingerprint density at radius 1 is 1.21 bits per heavy atom. The highest BCUT2D eigenvalue weighted by molar-refractivity contribution is 9.10. The van der Waals surface area contributed by atoms with Crippen molar-refractivity contribution in [3.05, 3.63) is 45.6 Å². The van der Waals surface area contributed by atoms with E-state index >= 15 is 0 Å². The molecule has 2 rings (SSSR count). The van der Waals surface area contributed by atoms with E-state index in [0.29, 0.717) is 14.6 Å². The first kappa shape index (κ1) is 14.3. The normalized spacial score (nSPS) is 11.3. The van der Waals surface area contributed by atoms with Gasteiger partial charge in [0, 0.05) is 16.9 Å². The van der Waals surface area contributed by atoms with Crippen LogP contribution in [0.25, 0.3) is 0 Å². The summed E-state index contributed by atoms with van der Waals surface area (Å²) in [5, 5.41) is 0. The minimum absolute atomic E-state index is 0.0191. The summed E-state index contributed by atoms with van der Waals surface area (Å²) in [7, 11) is -3.75. The number of nitrogens with zero attached hydrogens (tertiary/aromatic N) is 1. The maximum absolute atomic E-state index is 12.3. The van der Waals surface area contributed by atoms with Crippen molar-refractivity contribution in [1.82, 2.24) is 4.98 Å². The molecule has 0 aliphatic carbocycles. The van der Waals surface area contributed by atoms with Crippen molar-refractivity contribution >= 4 is 53.3 Å². The first-order valence-electron chi connectivity index (χ1n) is 5.07. The van der Waals surface area contributed by atoms with Gasteiger partial charge in [0.25, 0.3) is 10.0 Å². The lowest BCUT2D eigenvalue weighted by atomic mass is 10.3. The van der Waals surface area contributed by atoms with Gasteiger partial charge in [-0.25, -0.2) is 8.42 Å². The standard InChI is InChI=1S/C11H9Br2N3O2S/c12-7-1-2-9(14)11(5-7)19(17,18)16-10-3-4-15-6-8(10)13/h1-6H,14H2,(H,15,16). The fourth-order valence-electron chi connectivity index (χ4n) is 1.40. The Balaban J connectivity index is 2.44. The molecule has 0 saturated heterocycles. The molecule has 0 aliphatic rings. The van der Waals surface area contributed by atoms with Gasteiger partial charge in [0.2, 0.25) is 0 Å². The van der Waals surface area contributed by atoms with Crippen LogP contribution >= 0.6 is 31.9 Å². The van der Waals surface area contributed by atoms with E-state index < -0.39 is 10.0 Å². The van der Waals surface area contributed by atoms with Crippen LogP contribution in [0.3, 0.4) is 0 Å². The first-order valence-corrected chi connectivity index (χ1v) is 8.14. The Kier molecular flexibility index (Phi) is 4.12. The number of hydrogen-bond acceptors (Lipinski definition) is 4. The van der Waals surface area contributed by atoms with E-state index in [1.807, 2.05) is 0 Å². The molecule has 0 bridgehead atoms. The molecule has 0 fully saturated rings. The van der Waals surface area contributed by atoms with E-state index in [2.05, 4.69) is 41.6 Å². The molecule has 3 N–H and O–H groups in total. The molecule has 1 heterocycles. The van der Waals surface area contributed by atoms with Crippen LogP contribution in [0.5, 0.6) is 0 Å². The average molecular weight is 407 g/mol. The molecule has 1 aromatic carbocycles. The number of rotatable bonds is 3. The smallest absolute Gasteiger partial charge is 0.264 e. The number of nitrogens with one attached hydrogen (secondary N) is 1. The minimum Gasteiger partial charge on any atom is -0.398 e. The largest absolute Gasteiger partial charge is 0.398 e. The molecule has 0 saturated carbocycles. The number of anilines is 2. The van der Waals surface area contributed by atoms with Crippen LogP contribution in [0.2, 0.25) is 0 Å². The van der Waals surface area contributed by atoms with Gasteiger partial charge in [0.1, 0.15) is 4.90 Å². The van der Waals surface area contributed by atoms with Gasteiger partial charge in [0.15, 0.2) is 0 Å². The van der Waals surface area contributed by atoms with E-state index in [0.717, 1.165) is 0 Å². The predicted octanol–water partition coefficient (Wildman–Crippen LogP) is 2.99. The zero-order valence-corrected chi connectivity index (χ0v) is 13.5. The van der Waals surface area contributed by atoms with E-state index in [9.17, 15) is 8.42 Å². The quantitative estimate of drug-likeness (QED) is 0.767. The van der Waals surface area contributed by atoms with Crippen LogP contribution in [0.4, 0.5) is 11.4 Å². The van der Waals surface area contributed by atoms with Crippen LogP contribution in [-0.4, -0.2) is 13.4 Å². The second kappa shape index (κ2) is 5.48. The number of sulfonamides is 1. The zero-order chi connectivity index (χ0) is 14.0. The Morgan fingerprint density at radius 3 is 2.63 bits per heavy atom. The van der Waals surface area contributed by atoms with Gasteiger partial charge in [-0.1, -0.05) is 15.9 Å². The molecular weight excluding hydrogens is 398 g/mol. The topological polar surface area (TPSA) is 85.1 Å². The maximum atomic E-state index is 12.3. The van der Waals surface area contributed by atoms with Crippen LogP contribution in [0.15, 0.2) is 50.5 Å². The fourth-order valence-corrected chi connectivity index (χ4v) is 3.63. The van der Waals surface area contributed by atoms with Crippen molar-refractivity contribution < 1.29 is 8.42 Å². The SMILES string of the molecule is Nc1ccc(Br)cc1S(=O)(=O)Nc1ccncc1Br. The van der Waals surface area contributed by atoms with Gasteiger partial charge >= 0.3 is 0 Å². The highest BCUT2D eigenvalue weighted by Gasteiger charge is 2.19. The number of benzene rings is 1. The van der Waals surface area contributed by atoms with E-state index in [1.165, 1.54) is 24.5 Å². The lowest BCUT2D eigenvalue weighted by molar-refractivity contribution is 0.601. The van der Waals surface area contributed by atoms with Gasteiger partial charge in [-0.05, 0) is 40.2 Å². The van der Waals surface area contributed by atoms with Gasteiger partial charge in [-0.2, -0.15) is 0 Å². The molecule has 0 amide bonds. The summed E-state index contributed by atoms with van der Waals surface area (Å²) in [5.41, 5.74) is 6.28. The molecule has 0 spiro atoms. The second-order valence-corrected chi connectivity index (χ2v) is 7.06. The number of halogens is 2. The van der Waals surface area contributed by atoms with Crippen LogP contribution < -0.4 is 10.5 Å². The lowest BCUT2D eigenvalue weighted by Gasteiger charge is -2.11. The van der Waals surface area contributed by atoms with Crippen LogP contribution in [0, 0.1) is 0 Å². The molecule has 1 aromatic heterocycles. The van der Waals surface area contributed by atoms with Crippen LogP contribution in [0.1, 0.15) is 0 Å². The van der Waals surface area contributed by atoms with Crippen molar-refractivity contribution in [2.45, 2.75) is 4.90 Å². The summed E-state index contributed by atoms with van der Waals surface area (Å²) in [6.07, 6.45) is 3.00. The number of hydrogen-bond donors (Lipinski definition) is 2. The van der Waals surface area contributed by atoms with Gasteiger partial charge in [-0.15, -0.1) is 0 Å². The van der Waals surface area contributed by atoms with Crippen molar-refractivity contribution in [3.8, 4) is 0 Å². The minimum atomic E-state index is -3.75. The summed E-state index contributed by atoms with van der Waals surface area (Å²) in [6, 6.07) is 6.21. The molecule has 19 heavy (non-hydrogen) atoms. The molecule has 2 aromatic rings. The highest BCUT2D eigenvalue weighted by atomic mass is 79.9. The molecule has 8 heteroatoms. The average Bonchev–Trinajstić information content (AvgIpc) is 2.35. The van der Waals surface area contributed by atoms with Gasteiger partial charge in [0.05, 0.1) is 15.8 Å². The summed E-state index contributed by atoms with van der Waals surface area (Å²) in [4.78, 5) is 3.88. The third-order valence-electron chi connectivity index (χ3n) is 2.28.